The second-order valence-electron chi connectivity index (χ2n) is 4.11. The molecule has 1 amide bonds. The third-order valence-corrected chi connectivity index (χ3v) is 3.79. The molecule has 7 nitrogen and oxygen atoms in total. The second-order valence-corrected chi connectivity index (χ2v) is 6.21. The lowest BCUT2D eigenvalue weighted by Crippen LogP contribution is -2.12. The molecule has 2 heterocycles. The second kappa shape index (κ2) is 5.70. The molecule has 3 rings (SSSR count). The zero-order valence-corrected chi connectivity index (χ0v) is 13.2. The monoisotopic (exact) mass is 364 g/mol. The van der Waals surface area contributed by atoms with Crippen molar-refractivity contribution < 1.29 is 4.79 Å². The van der Waals surface area contributed by atoms with Crippen LogP contribution >= 0.6 is 27.3 Å². The van der Waals surface area contributed by atoms with E-state index in [2.05, 4.69) is 41.8 Å². The van der Waals surface area contributed by atoms with Gasteiger partial charge in [0.15, 0.2) is 5.69 Å². The summed E-state index contributed by atoms with van der Waals surface area (Å²) < 4.78 is 2.45. The average Bonchev–Trinajstić information content (AvgIpc) is 3.08. The number of amides is 1. The number of carbonyl (C=O) groups is 1. The Morgan fingerprint density at radius 1 is 1.33 bits per heavy atom. The van der Waals surface area contributed by atoms with Gasteiger partial charge in [-0.2, -0.15) is 0 Å². The Bertz CT molecular complexity index is 798. The molecule has 0 radical (unpaired) electrons. The molecule has 0 aliphatic rings. The van der Waals surface area contributed by atoms with Crippen LogP contribution in [0.25, 0.3) is 5.69 Å². The zero-order chi connectivity index (χ0) is 14.8. The predicted molar refractivity (Wildman–Crippen MR) is 81.7 cm³/mol. The molecular weight excluding hydrogens is 356 g/mol. The average molecular weight is 365 g/mol. The number of anilines is 1. The van der Waals surface area contributed by atoms with Crippen molar-refractivity contribution in [3.05, 3.63) is 45.6 Å². The number of halogens is 1. The van der Waals surface area contributed by atoms with Crippen LogP contribution in [0.3, 0.4) is 0 Å². The first-order valence-electron chi connectivity index (χ1n) is 5.91. The maximum absolute atomic E-state index is 12.0. The summed E-state index contributed by atoms with van der Waals surface area (Å²) in [5.74, 6) is -0.368. The van der Waals surface area contributed by atoms with E-state index < -0.39 is 0 Å². The van der Waals surface area contributed by atoms with Gasteiger partial charge < -0.3 is 0 Å². The van der Waals surface area contributed by atoms with E-state index in [1.54, 1.807) is 6.20 Å². The fraction of sp³-hybridized carbons (Fsp3) is 0.0833. The van der Waals surface area contributed by atoms with Gasteiger partial charge in [-0.15, -0.1) is 15.3 Å². The number of rotatable bonds is 3. The fourth-order valence-corrected chi connectivity index (χ4v) is 2.59. The summed E-state index contributed by atoms with van der Waals surface area (Å²) in [5.41, 5.74) is 1.02. The standard InChI is InChI=1S/C12H9BrN6OS/c1-7-15-17-12(21-7)14-11(20)10-6-19(18-16-10)9-4-2-3-8(13)5-9/h2-6H,1H3,(H,14,17,20). The maximum Gasteiger partial charge on any atom is 0.279 e. The van der Waals surface area contributed by atoms with E-state index in [9.17, 15) is 4.79 Å². The topological polar surface area (TPSA) is 85.6 Å². The summed E-state index contributed by atoms with van der Waals surface area (Å²) in [4.78, 5) is 12.0. The van der Waals surface area contributed by atoms with Gasteiger partial charge in [-0.1, -0.05) is 38.5 Å². The lowest BCUT2D eigenvalue weighted by atomic mass is 10.3. The molecule has 106 valence electrons. The molecule has 0 bridgehead atoms. The highest BCUT2D eigenvalue weighted by molar-refractivity contribution is 9.10. The van der Waals surface area contributed by atoms with Gasteiger partial charge in [-0.3, -0.25) is 10.1 Å². The van der Waals surface area contributed by atoms with Crippen LogP contribution in [0.4, 0.5) is 5.13 Å². The number of nitrogens with one attached hydrogen (secondary N) is 1. The Morgan fingerprint density at radius 2 is 2.19 bits per heavy atom. The smallest absolute Gasteiger partial charge is 0.279 e. The van der Waals surface area contributed by atoms with Crippen molar-refractivity contribution in [1.82, 2.24) is 25.2 Å². The summed E-state index contributed by atoms with van der Waals surface area (Å²) in [6, 6.07) is 7.54. The molecule has 1 N–H and O–H groups in total. The molecular formula is C12H9BrN6OS. The third-order valence-electron chi connectivity index (χ3n) is 2.55. The largest absolute Gasteiger partial charge is 0.295 e. The van der Waals surface area contributed by atoms with Gasteiger partial charge in [-0.05, 0) is 25.1 Å². The lowest BCUT2D eigenvalue weighted by Gasteiger charge is -1.99. The van der Waals surface area contributed by atoms with E-state index in [1.807, 2.05) is 31.2 Å². The van der Waals surface area contributed by atoms with Gasteiger partial charge in [0.1, 0.15) is 5.01 Å². The first-order valence-corrected chi connectivity index (χ1v) is 7.52. The molecule has 0 saturated carbocycles. The molecule has 0 aliphatic heterocycles. The third kappa shape index (κ3) is 3.14. The van der Waals surface area contributed by atoms with Crippen LogP contribution in [0.15, 0.2) is 34.9 Å². The van der Waals surface area contributed by atoms with E-state index >= 15 is 0 Å². The summed E-state index contributed by atoms with van der Waals surface area (Å²) in [6.07, 6.45) is 1.56. The summed E-state index contributed by atoms with van der Waals surface area (Å²) in [7, 11) is 0. The van der Waals surface area contributed by atoms with Crippen LogP contribution in [0, 0.1) is 6.92 Å². The van der Waals surface area contributed by atoms with E-state index in [4.69, 9.17) is 0 Å². The Hall–Kier alpha value is -2.13. The Morgan fingerprint density at radius 3 is 2.90 bits per heavy atom. The van der Waals surface area contributed by atoms with E-state index in [1.165, 1.54) is 16.0 Å². The minimum atomic E-state index is -0.368. The molecule has 0 fully saturated rings. The SMILES string of the molecule is Cc1nnc(NC(=O)c2cn(-c3cccc(Br)c3)nn2)s1. The summed E-state index contributed by atoms with van der Waals surface area (Å²) in [5, 5.41) is 19.3. The number of benzene rings is 1. The van der Waals surface area contributed by atoms with Gasteiger partial charge >= 0.3 is 0 Å². The molecule has 3 aromatic rings. The molecule has 0 aliphatic carbocycles. The van der Waals surface area contributed by atoms with Gasteiger partial charge in [0.05, 0.1) is 11.9 Å². The zero-order valence-electron chi connectivity index (χ0n) is 10.8. The van der Waals surface area contributed by atoms with Crippen LogP contribution < -0.4 is 5.32 Å². The van der Waals surface area contributed by atoms with E-state index in [0.717, 1.165) is 15.2 Å². The molecule has 0 saturated heterocycles. The molecule has 21 heavy (non-hydrogen) atoms. The number of aromatic nitrogens is 5. The van der Waals surface area contributed by atoms with Gasteiger partial charge in [0.25, 0.3) is 5.91 Å². The number of nitrogens with zero attached hydrogens (tertiary/aromatic N) is 5. The Kier molecular flexibility index (Phi) is 3.76. The van der Waals surface area contributed by atoms with Crippen LogP contribution in [-0.2, 0) is 0 Å². The van der Waals surface area contributed by atoms with Crippen LogP contribution in [-0.4, -0.2) is 31.1 Å². The highest BCUT2D eigenvalue weighted by atomic mass is 79.9. The molecule has 9 heteroatoms. The number of hydrogen-bond donors (Lipinski definition) is 1. The van der Waals surface area contributed by atoms with Crippen molar-refractivity contribution in [2.24, 2.45) is 0 Å². The van der Waals surface area contributed by atoms with Crippen molar-refractivity contribution in [1.29, 1.82) is 0 Å². The normalized spacial score (nSPS) is 10.6. The number of aryl methyl sites for hydroxylation is 1. The van der Waals surface area contributed by atoms with E-state index in [0.29, 0.717) is 5.13 Å². The minimum absolute atomic E-state index is 0.211. The number of carbonyl (C=O) groups excluding carboxylic acids is 1. The lowest BCUT2D eigenvalue weighted by molar-refractivity contribution is 0.102. The summed E-state index contributed by atoms with van der Waals surface area (Å²) >= 11 is 4.69. The Balaban J connectivity index is 1.80. The van der Waals surface area contributed by atoms with Crippen molar-refractivity contribution in [3.63, 3.8) is 0 Å². The van der Waals surface area contributed by atoms with Crippen LogP contribution in [0.1, 0.15) is 15.5 Å². The first kappa shape index (κ1) is 13.8. The molecule has 2 aromatic heterocycles. The van der Waals surface area contributed by atoms with Crippen LogP contribution in [0.5, 0.6) is 0 Å². The summed E-state index contributed by atoms with van der Waals surface area (Å²) in [6.45, 7) is 1.82. The first-order chi connectivity index (χ1) is 10.1. The molecule has 0 atom stereocenters. The van der Waals surface area contributed by atoms with E-state index in [-0.39, 0.29) is 11.6 Å². The maximum atomic E-state index is 12.0. The molecule has 1 aromatic carbocycles. The Labute approximate surface area is 132 Å². The fourth-order valence-electron chi connectivity index (χ4n) is 1.62. The van der Waals surface area contributed by atoms with Crippen molar-refractivity contribution in [2.45, 2.75) is 6.92 Å². The van der Waals surface area contributed by atoms with Crippen molar-refractivity contribution in [3.8, 4) is 5.69 Å². The van der Waals surface area contributed by atoms with Gasteiger partial charge in [0, 0.05) is 4.47 Å². The minimum Gasteiger partial charge on any atom is -0.295 e. The van der Waals surface area contributed by atoms with Crippen LogP contribution in [0.2, 0.25) is 0 Å². The van der Waals surface area contributed by atoms with Crippen molar-refractivity contribution in [2.75, 3.05) is 5.32 Å². The van der Waals surface area contributed by atoms with Gasteiger partial charge in [-0.25, -0.2) is 4.68 Å². The highest BCUT2D eigenvalue weighted by Gasteiger charge is 2.13. The van der Waals surface area contributed by atoms with Crippen molar-refractivity contribution >= 4 is 38.3 Å². The predicted octanol–water partition coefficient (Wildman–Crippen LogP) is 2.44. The highest BCUT2D eigenvalue weighted by Crippen LogP contribution is 2.16. The quantitative estimate of drug-likeness (QED) is 0.771. The van der Waals surface area contributed by atoms with Gasteiger partial charge in [0.2, 0.25) is 5.13 Å². The molecule has 0 unspecified atom stereocenters. The number of hydrogen-bond acceptors (Lipinski definition) is 6. The molecule has 0 spiro atoms.